The molecule has 3 rings (SSSR count). The van der Waals surface area contributed by atoms with E-state index in [1.807, 2.05) is 12.1 Å². The van der Waals surface area contributed by atoms with E-state index in [-0.39, 0.29) is 5.91 Å². The quantitative estimate of drug-likeness (QED) is 0.421. The van der Waals surface area contributed by atoms with Crippen LogP contribution in [0.2, 0.25) is 10.0 Å². The fourth-order valence-electron chi connectivity index (χ4n) is 5.57. The summed E-state index contributed by atoms with van der Waals surface area (Å²) in [5.74, 6) is 0.862. The Morgan fingerprint density at radius 3 is 2.50 bits per heavy atom. The van der Waals surface area contributed by atoms with Crippen molar-refractivity contribution in [2.45, 2.75) is 90.1 Å². The number of unbranched alkanes of at least 4 members (excludes halogenated alkanes) is 1. The molecular formula is C25H38Cl2N2O. The fraction of sp³-hybridized carbons (Fsp3) is 0.720. The first-order valence-electron chi connectivity index (χ1n) is 12.0. The van der Waals surface area contributed by atoms with Crippen LogP contribution in [-0.4, -0.2) is 47.4 Å². The van der Waals surface area contributed by atoms with Gasteiger partial charge in [-0.25, -0.2) is 0 Å². The maximum Gasteiger partial charge on any atom is 0.227 e. The van der Waals surface area contributed by atoms with Gasteiger partial charge in [-0.05, 0) is 75.2 Å². The highest BCUT2D eigenvalue weighted by molar-refractivity contribution is 6.42. The summed E-state index contributed by atoms with van der Waals surface area (Å²) in [7, 11) is 0. The van der Waals surface area contributed by atoms with Gasteiger partial charge in [-0.1, -0.05) is 62.4 Å². The van der Waals surface area contributed by atoms with Gasteiger partial charge in [0, 0.05) is 18.6 Å². The fourth-order valence-corrected chi connectivity index (χ4v) is 5.89. The lowest BCUT2D eigenvalue weighted by Crippen LogP contribution is -2.58. The van der Waals surface area contributed by atoms with E-state index in [1.165, 1.54) is 64.5 Å². The first-order valence-corrected chi connectivity index (χ1v) is 12.8. The molecule has 1 saturated carbocycles. The van der Waals surface area contributed by atoms with E-state index in [0.29, 0.717) is 34.5 Å². The van der Waals surface area contributed by atoms with Crippen LogP contribution in [0.3, 0.4) is 0 Å². The molecule has 2 fully saturated rings. The molecule has 30 heavy (non-hydrogen) atoms. The smallest absolute Gasteiger partial charge is 0.227 e. The molecule has 168 valence electrons. The zero-order valence-corrected chi connectivity index (χ0v) is 20.2. The minimum atomic E-state index is 0.243. The Balaban J connectivity index is 1.84. The highest BCUT2D eigenvalue weighted by atomic mass is 35.5. The van der Waals surface area contributed by atoms with Crippen molar-refractivity contribution in [3.8, 4) is 0 Å². The molecule has 5 heteroatoms. The molecule has 3 nitrogen and oxygen atoms in total. The second kappa shape index (κ2) is 11.7. The number of rotatable bonds is 9. The van der Waals surface area contributed by atoms with Gasteiger partial charge in [0.2, 0.25) is 5.91 Å². The van der Waals surface area contributed by atoms with E-state index in [1.54, 1.807) is 6.07 Å². The molecule has 1 aliphatic heterocycles. The van der Waals surface area contributed by atoms with E-state index < -0.39 is 0 Å². The molecule has 0 aromatic heterocycles. The maximum atomic E-state index is 13.6. The lowest BCUT2D eigenvalue weighted by molar-refractivity contribution is -0.137. The van der Waals surface area contributed by atoms with Gasteiger partial charge >= 0.3 is 0 Å². The zero-order chi connectivity index (χ0) is 21.5. The molecule has 3 atom stereocenters. The molecule has 0 bridgehead atoms. The number of hydrogen-bond acceptors (Lipinski definition) is 2. The van der Waals surface area contributed by atoms with E-state index in [2.05, 4.69) is 23.6 Å². The lowest BCUT2D eigenvalue weighted by Gasteiger charge is -2.48. The summed E-state index contributed by atoms with van der Waals surface area (Å²) in [6.45, 7) is 7.70. The minimum Gasteiger partial charge on any atom is -0.338 e. The monoisotopic (exact) mass is 452 g/mol. The summed E-state index contributed by atoms with van der Waals surface area (Å²) < 4.78 is 0. The van der Waals surface area contributed by atoms with Crippen LogP contribution < -0.4 is 0 Å². The van der Waals surface area contributed by atoms with Crippen molar-refractivity contribution >= 4 is 29.1 Å². The maximum absolute atomic E-state index is 13.6. The van der Waals surface area contributed by atoms with Crippen LogP contribution in [0.1, 0.15) is 77.2 Å². The molecule has 1 saturated heterocycles. The Morgan fingerprint density at radius 1 is 1.07 bits per heavy atom. The number of carbonyl (C=O) groups is 1. The van der Waals surface area contributed by atoms with Crippen molar-refractivity contribution < 1.29 is 4.79 Å². The zero-order valence-electron chi connectivity index (χ0n) is 18.7. The van der Waals surface area contributed by atoms with Gasteiger partial charge in [0.1, 0.15) is 0 Å². The Hall–Kier alpha value is -0.770. The summed E-state index contributed by atoms with van der Waals surface area (Å²) in [4.78, 5) is 18.6. The molecule has 3 unspecified atom stereocenters. The van der Waals surface area contributed by atoms with Crippen molar-refractivity contribution in [3.63, 3.8) is 0 Å². The van der Waals surface area contributed by atoms with Gasteiger partial charge < -0.3 is 4.90 Å². The van der Waals surface area contributed by atoms with Crippen LogP contribution in [0.15, 0.2) is 18.2 Å². The first-order chi connectivity index (χ1) is 14.5. The number of hydrogen-bond donors (Lipinski definition) is 0. The third-order valence-corrected chi connectivity index (χ3v) is 7.71. The number of amides is 1. The summed E-state index contributed by atoms with van der Waals surface area (Å²) in [6.07, 6.45) is 11.5. The Kier molecular flexibility index (Phi) is 9.34. The van der Waals surface area contributed by atoms with Crippen LogP contribution in [0.25, 0.3) is 0 Å². The largest absolute Gasteiger partial charge is 0.338 e. The van der Waals surface area contributed by atoms with Gasteiger partial charge in [0.15, 0.2) is 0 Å². The Labute approximate surface area is 193 Å². The van der Waals surface area contributed by atoms with Crippen LogP contribution in [0.4, 0.5) is 0 Å². The summed E-state index contributed by atoms with van der Waals surface area (Å²) >= 11 is 12.3. The number of likely N-dealkylation sites (tertiary alicyclic amines) is 1. The third-order valence-electron chi connectivity index (χ3n) is 6.97. The van der Waals surface area contributed by atoms with E-state index in [0.717, 1.165) is 18.5 Å². The molecule has 1 heterocycles. The van der Waals surface area contributed by atoms with Gasteiger partial charge in [-0.3, -0.25) is 9.69 Å². The topological polar surface area (TPSA) is 23.6 Å². The van der Waals surface area contributed by atoms with Gasteiger partial charge in [-0.2, -0.15) is 0 Å². The van der Waals surface area contributed by atoms with E-state index in [9.17, 15) is 4.79 Å². The lowest BCUT2D eigenvalue weighted by atomic mass is 9.76. The average molecular weight is 453 g/mol. The van der Waals surface area contributed by atoms with Gasteiger partial charge in [0.25, 0.3) is 0 Å². The molecule has 1 aromatic carbocycles. The van der Waals surface area contributed by atoms with E-state index in [4.69, 9.17) is 23.2 Å². The molecule has 1 aliphatic carbocycles. The number of carbonyl (C=O) groups excluding carboxylic acids is 1. The summed E-state index contributed by atoms with van der Waals surface area (Å²) in [5.41, 5.74) is 0.953. The predicted octanol–water partition coefficient (Wildman–Crippen LogP) is 6.60. The van der Waals surface area contributed by atoms with Crippen LogP contribution in [0, 0.1) is 5.92 Å². The van der Waals surface area contributed by atoms with Crippen LogP contribution in [0.5, 0.6) is 0 Å². The molecule has 0 spiro atoms. The van der Waals surface area contributed by atoms with Crippen molar-refractivity contribution in [1.29, 1.82) is 0 Å². The molecule has 0 radical (unpaired) electrons. The average Bonchev–Trinajstić information content (AvgIpc) is 3.27. The van der Waals surface area contributed by atoms with Gasteiger partial charge in [-0.15, -0.1) is 0 Å². The number of nitrogens with zero attached hydrogens (tertiary/aromatic N) is 2. The van der Waals surface area contributed by atoms with Gasteiger partial charge in [0.05, 0.1) is 16.5 Å². The number of benzene rings is 1. The van der Waals surface area contributed by atoms with Crippen molar-refractivity contribution in [1.82, 2.24) is 9.80 Å². The summed E-state index contributed by atoms with van der Waals surface area (Å²) in [6, 6.07) is 6.45. The third kappa shape index (κ3) is 5.93. The standard InChI is InChI=1S/C25H38Cl2N2O/c1-3-5-9-20-10-8-11-23(28-15-6-7-16-28)25(20)29(14-4-2)24(30)18-19-12-13-21(26)22(27)17-19/h12-13,17,20,23,25H,3-11,14-16,18H2,1-2H3. The second-order valence-corrected chi connectivity index (χ2v) is 9.96. The predicted molar refractivity (Wildman–Crippen MR) is 127 cm³/mol. The Morgan fingerprint density at radius 2 is 1.83 bits per heavy atom. The minimum absolute atomic E-state index is 0.243. The normalized spacial score (nSPS) is 24.9. The highest BCUT2D eigenvalue weighted by Crippen LogP contribution is 2.37. The highest BCUT2D eigenvalue weighted by Gasteiger charge is 2.41. The SMILES string of the molecule is CCCCC1CCCC(N2CCCC2)C1N(CCC)C(=O)Cc1ccc(Cl)c(Cl)c1. The van der Waals surface area contributed by atoms with Crippen LogP contribution in [-0.2, 0) is 11.2 Å². The summed E-state index contributed by atoms with van der Waals surface area (Å²) in [5, 5.41) is 1.07. The van der Waals surface area contributed by atoms with E-state index >= 15 is 0 Å². The molecule has 1 amide bonds. The molecular weight excluding hydrogens is 415 g/mol. The van der Waals surface area contributed by atoms with Crippen LogP contribution >= 0.6 is 23.2 Å². The van der Waals surface area contributed by atoms with Crippen molar-refractivity contribution in [3.05, 3.63) is 33.8 Å². The molecule has 0 N–H and O–H groups in total. The van der Waals surface area contributed by atoms with Crippen molar-refractivity contribution in [2.75, 3.05) is 19.6 Å². The van der Waals surface area contributed by atoms with Crippen molar-refractivity contribution in [2.24, 2.45) is 5.92 Å². The number of halogens is 2. The molecule has 2 aliphatic rings. The first kappa shape index (κ1) is 23.9. The second-order valence-electron chi connectivity index (χ2n) is 9.15. The molecule has 1 aromatic rings. The Bertz CT molecular complexity index is 690.